The Morgan fingerprint density at radius 2 is 0.922 bits per heavy atom. The van der Waals surface area contributed by atoms with E-state index in [-0.39, 0.29) is 0 Å². The predicted octanol–water partition coefficient (Wildman–Crippen LogP) is 11.9. The maximum atomic E-state index is 6.35. The number of hydrogen-bond acceptors (Lipinski definition) is 3. The Bertz CT molecular complexity index is 2840. The van der Waals surface area contributed by atoms with Crippen LogP contribution in [0.1, 0.15) is 0 Å². The molecule has 11 rings (SSSR count). The van der Waals surface area contributed by atoms with Crippen molar-refractivity contribution in [2.75, 3.05) is 0 Å². The molecular weight excluding hydrogens is 625 g/mol. The number of furan rings is 1. The van der Waals surface area contributed by atoms with Gasteiger partial charge >= 0.3 is 0 Å². The molecule has 11 aromatic rings. The first-order valence-corrected chi connectivity index (χ1v) is 17.1. The third kappa shape index (κ3) is 4.22. The van der Waals surface area contributed by atoms with Crippen molar-refractivity contribution in [3.63, 3.8) is 0 Å². The van der Waals surface area contributed by atoms with Crippen LogP contribution in [0.2, 0.25) is 0 Å². The van der Waals surface area contributed by atoms with Gasteiger partial charge in [-0.3, -0.25) is 9.55 Å². The number of pyridine rings is 2. The summed E-state index contributed by atoms with van der Waals surface area (Å²) in [6.45, 7) is 0. The van der Waals surface area contributed by atoms with Gasteiger partial charge in [-0.2, -0.15) is 0 Å². The predicted molar refractivity (Wildman–Crippen MR) is 209 cm³/mol. The van der Waals surface area contributed by atoms with Gasteiger partial charge in [-0.1, -0.05) is 84.9 Å². The topological polar surface area (TPSA) is 48.8 Å². The van der Waals surface area contributed by atoms with Gasteiger partial charge in [0.1, 0.15) is 17.0 Å². The van der Waals surface area contributed by atoms with Crippen LogP contribution in [0.4, 0.5) is 0 Å². The Morgan fingerprint density at radius 3 is 1.53 bits per heavy atom. The van der Waals surface area contributed by atoms with E-state index in [9.17, 15) is 0 Å². The van der Waals surface area contributed by atoms with E-state index in [2.05, 4.69) is 167 Å². The van der Waals surface area contributed by atoms with Crippen molar-refractivity contribution in [3.8, 4) is 33.9 Å². The van der Waals surface area contributed by atoms with E-state index < -0.39 is 0 Å². The first kappa shape index (κ1) is 27.9. The number of hydrogen-bond donors (Lipinski definition) is 0. The second-order valence-corrected chi connectivity index (χ2v) is 13.1. The molecule has 0 spiro atoms. The normalized spacial score (nSPS) is 11.9. The number of benzene rings is 6. The van der Waals surface area contributed by atoms with Crippen LogP contribution < -0.4 is 0 Å². The molecule has 0 aliphatic rings. The molecule has 238 valence electrons. The van der Waals surface area contributed by atoms with E-state index in [0.29, 0.717) is 0 Å². The zero-order chi connectivity index (χ0) is 33.5. The maximum Gasteiger partial charge on any atom is 0.138 e. The Balaban J connectivity index is 1.02. The third-order valence-electron chi connectivity index (χ3n) is 10.2. The van der Waals surface area contributed by atoms with Crippen LogP contribution in [0, 0.1) is 0 Å². The van der Waals surface area contributed by atoms with Crippen LogP contribution in [0.15, 0.2) is 175 Å². The van der Waals surface area contributed by atoms with Crippen LogP contribution in [0.25, 0.3) is 99.4 Å². The largest absolute Gasteiger partial charge is 0.456 e. The van der Waals surface area contributed by atoms with Gasteiger partial charge in [0.15, 0.2) is 0 Å². The van der Waals surface area contributed by atoms with Crippen molar-refractivity contribution < 1.29 is 4.42 Å². The molecule has 51 heavy (non-hydrogen) atoms. The van der Waals surface area contributed by atoms with Crippen LogP contribution in [0.3, 0.4) is 0 Å². The first-order valence-electron chi connectivity index (χ1n) is 17.1. The van der Waals surface area contributed by atoms with E-state index in [1.54, 1.807) is 0 Å². The molecular formula is C46H28N4O. The van der Waals surface area contributed by atoms with E-state index >= 15 is 0 Å². The zero-order valence-electron chi connectivity index (χ0n) is 27.4. The van der Waals surface area contributed by atoms with Gasteiger partial charge in [0.25, 0.3) is 0 Å². The number of rotatable bonds is 4. The molecule has 0 fully saturated rings. The fourth-order valence-corrected chi connectivity index (χ4v) is 7.90. The van der Waals surface area contributed by atoms with Crippen molar-refractivity contribution >= 4 is 65.6 Å². The highest BCUT2D eigenvalue weighted by molar-refractivity contribution is 6.11. The molecule has 0 N–H and O–H groups in total. The molecule has 0 atom stereocenters. The second-order valence-electron chi connectivity index (χ2n) is 13.1. The highest BCUT2D eigenvalue weighted by atomic mass is 16.3. The maximum absolute atomic E-state index is 6.35. The van der Waals surface area contributed by atoms with E-state index in [1.807, 2.05) is 12.4 Å². The Kier molecular flexibility index (Phi) is 5.89. The number of aromatic nitrogens is 4. The van der Waals surface area contributed by atoms with Gasteiger partial charge in [-0.05, 0) is 78.4 Å². The molecule has 5 heteroatoms. The Morgan fingerprint density at radius 1 is 0.392 bits per heavy atom. The van der Waals surface area contributed by atoms with Crippen LogP contribution in [-0.2, 0) is 0 Å². The summed E-state index contributed by atoms with van der Waals surface area (Å²) >= 11 is 0. The Labute approximate surface area is 292 Å². The molecule has 0 saturated heterocycles. The van der Waals surface area contributed by atoms with Gasteiger partial charge in [0, 0.05) is 49.6 Å². The molecule has 5 nitrogen and oxygen atoms in total. The quantitative estimate of drug-likeness (QED) is 0.190. The van der Waals surface area contributed by atoms with Crippen molar-refractivity contribution in [3.05, 3.63) is 170 Å². The molecule has 0 radical (unpaired) electrons. The van der Waals surface area contributed by atoms with Gasteiger partial charge in [-0.15, -0.1) is 0 Å². The lowest BCUT2D eigenvalue weighted by atomic mass is 10.0. The van der Waals surface area contributed by atoms with Crippen LogP contribution in [-0.4, -0.2) is 19.1 Å². The minimum Gasteiger partial charge on any atom is -0.456 e. The van der Waals surface area contributed by atoms with E-state index in [1.165, 1.54) is 21.5 Å². The molecule has 0 aliphatic heterocycles. The minimum absolute atomic E-state index is 0.849. The molecule has 0 aliphatic carbocycles. The lowest BCUT2D eigenvalue weighted by Gasteiger charge is -2.10. The molecule has 0 saturated carbocycles. The highest BCUT2D eigenvalue weighted by Gasteiger charge is 2.16. The minimum atomic E-state index is 0.849. The van der Waals surface area contributed by atoms with E-state index in [0.717, 1.165) is 77.9 Å². The third-order valence-corrected chi connectivity index (χ3v) is 10.2. The van der Waals surface area contributed by atoms with Crippen LogP contribution >= 0.6 is 0 Å². The number of para-hydroxylation sites is 4. The molecule has 5 aromatic heterocycles. The molecule has 5 heterocycles. The zero-order valence-corrected chi connectivity index (χ0v) is 27.4. The van der Waals surface area contributed by atoms with Crippen molar-refractivity contribution in [1.29, 1.82) is 0 Å². The average Bonchev–Trinajstić information content (AvgIpc) is 3.85. The summed E-state index contributed by atoms with van der Waals surface area (Å²) in [7, 11) is 0. The van der Waals surface area contributed by atoms with Gasteiger partial charge in [0.05, 0.1) is 39.6 Å². The molecule has 6 aromatic carbocycles. The summed E-state index contributed by atoms with van der Waals surface area (Å²) in [4.78, 5) is 9.95. The summed E-state index contributed by atoms with van der Waals surface area (Å²) in [5.41, 5.74) is 11.4. The molecule has 0 amide bonds. The standard InChI is InChI=1S/C46H28N4O/c1-5-15-40-33(10-1)34-11-2-6-16-41(34)49(40)32-24-31(27-47-28-32)29-20-22-44-37(25-29)38-26-30(21-23-45(38)51-44)39-14-9-19-46(48-39)50-42-17-7-3-12-35(42)36-13-4-8-18-43(36)50/h1-28H. The van der Waals surface area contributed by atoms with Gasteiger partial charge in [-0.25, -0.2) is 4.98 Å². The number of fused-ring (bicyclic) bond motifs is 9. The van der Waals surface area contributed by atoms with Crippen molar-refractivity contribution in [2.45, 2.75) is 0 Å². The van der Waals surface area contributed by atoms with Crippen molar-refractivity contribution in [2.24, 2.45) is 0 Å². The second kappa shape index (κ2) is 10.8. The molecule has 0 bridgehead atoms. The summed E-state index contributed by atoms with van der Waals surface area (Å²) in [6.07, 6.45) is 3.89. The van der Waals surface area contributed by atoms with Gasteiger partial charge in [0.2, 0.25) is 0 Å². The number of nitrogens with zero attached hydrogens (tertiary/aromatic N) is 4. The summed E-state index contributed by atoms with van der Waals surface area (Å²) in [6, 6.07) is 55.4. The SMILES string of the molecule is c1cc(-c2ccc3oc4ccc(-c5cncc(-n6c7ccccc7c7ccccc76)c5)cc4c3c2)nc(-n2c3ccccc3c3ccccc32)c1. The van der Waals surface area contributed by atoms with Crippen molar-refractivity contribution in [1.82, 2.24) is 19.1 Å². The monoisotopic (exact) mass is 652 g/mol. The molecule has 0 unspecified atom stereocenters. The summed E-state index contributed by atoms with van der Waals surface area (Å²) in [5.74, 6) is 0.889. The van der Waals surface area contributed by atoms with Crippen LogP contribution in [0.5, 0.6) is 0 Å². The first-order chi connectivity index (χ1) is 25.3. The lowest BCUT2D eigenvalue weighted by molar-refractivity contribution is 0.669. The summed E-state index contributed by atoms with van der Waals surface area (Å²) in [5, 5.41) is 7.02. The fourth-order valence-electron chi connectivity index (χ4n) is 7.90. The highest BCUT2D eigenvalue weighted by Crippen LogP contribution is 2.37. The fraction of sp³-hybridized carbons (Fsp3) is 0. The average molecular weight is 653 g/mol. The van der Waals surface area contributed by atoms with E-state index in [4.69, 9.17) is 14.4 Å². The summed E-state index contributed by atoms with van der Waals surface area (Å²) < 4.78 is 10.9. The lowest BCUT2D eigenvalue weighted by Crippen LogP contribution is -1.98. The Hall–Kier alpha value is -6.98. The van der Waals surface area contributed by atoms with Gasteiger partial charge < -0.3 is 8.98 Å². The smallest absolute Gasteiger partial charge is 0.138 e.